The fraction of sp³-hybridized carbons (Fsp3) is 0.0667. The molecule has 9 nitrogen and oxygen atoms in total. The molecule has 0 saturated carbocycles. The molecule has 4 aromatic heterocycles. The average Bonchev–Trinajstić information content (AvgIpc) is 3.24. The summed E-state index contributed by atoms with van der Waals surface area (Å²) in [5.74, 6) is 1.07. The molecular formula is C45H36F2N8O. The van der Waals surface area contributed by atoms with E-state index in [0.29, 0.717) is 17.6 Å². The number of aromatic nitrogens is 6. The summed E-state index contributed by atoms with van der Waals surface area (Å²) in [6.07, 6.45) is 10.4. The van der Waals surface area contributed by atoms with Crippen LogP contribution in [0.3, 0.4) is 0 Å². The van der Waals surface area contributed by atoms with Gasteiger partial charge in [-0.2, -0.15) is 0 Å². The van der Waals surface area contributed by atoms with Crippen LogP contribution in [0.2, 0.25) is 0 Å². The first kappa shape index (κ1) is 36.9. The molecule has 0 aliphatic rings. The lowest BCUT2D eigenvalue weighted by atomic mass is 10.0. The van der Waals surface area contributed by atoms with Gasteiger partial charge in [0.2, 0.25) is 11.9 Å². The molecule has 0 fully saturated rings. The van der Waals surface area contributed by atoms with E-state index in [0.717, 1.165) is 67.3 Å². The van der Waals surface area contributed by atoms with Crippen LogP contribution in [0.1, 0.15) is 11.1 Å². The fourth-order valence-electron chi connectivity index (χ4n) is 6.02. The Kier molecular flexibility index (Phi) is 11.3. The van der Waals surface area contributed by atoms with Gasteiger partial charge < -0.3 is 15.4 Å². The normalized spacial score (nSPS) is 10.6. The van der Waals surface area contributed by atoms with Crippen molar-refractivity contribution in [3.05, 3.63) is 175 Å². The summed E-state index contributed by atoms with van der Waals surface area (Å²) in [6, 6.07) is 33.8. The van der Waals surface area contributed by atoms with E-state index in [1.165, 1.54) is 24.3 Å². The molecule has 0 spiro atoms. The first-order valence-corrected chi connectivity index (χ1v) is 17.7. The number of nitrogens with zero attached hydrogens (tertiary/aromatic N) is 6. The third-order valence-electron chi connectivity index (χ3n) is 8.87. The van der Waals surface area contributed by atoms with Crippen molar-refractivity contribution < 1.29 is 13.5 Å². The molecule has 56 heavy (non-hydrogen) atoms. The van der Waals surface area contributed by atoms with E-state index in [2.05, 4.69) is 30.6 Å². The average molecular weight is 743 g/mol. The van der Waals surface area contributed by atoms with Gasteiger partial charge in [0, 0.05) is 65.1 Å². The Morgan fingerprint density at radius 3 is 1.45 bits per heavy atom. The zero-order valence-electron chi connectivity index (χ0n) is 30.8. The summed E-state index contributed by atoms with van der Waals surface area (Å²) in [7, 11) is 1.61. The number of pyridine rings is 2. The van der Waals surface area contributed by atoms with Crippen LogP contribution in [0.15, 0.2) is 152 Å². The lowest BCUT2D eigenvalue weighted by Gasteiger charge is -2.14. The number of methoxy groups -OCH3 is 1. The van der Waals surface area contributed by atoms with E-state index >= 15 is 0 Å². The van der Waals surface area contributed by atoms with Gasteiger partial charge in [0.15, 0.2) is 0 Å². The van der Waals surface area contributed by atoms with Crippen molar-refractivity contribution in [3.8, 4) is 50.5 Å². The molecule has 4 heterocycles. The highest BCUT2D eigenvalue weighted by Gasteiger charge is 2.15. The van der Waals surface area contributed by atoms with Gasteiger partial charge in [0.1, 0.15) is 17.4 Å². The molecule has 4 aromatic carbocycles. The number of hydrogen-bond acceptors (Lipinski definition) is 9. The van der Waals surface area contributed by atoms with Crippen molar-refractivity contribution in [1.29, 1.82) is 0 Å². The van der Waals surface area contributed by atoms with Crippen LogP contribution in [0.25, 0.3) is 44.8 Å². The SMILES string of the molecule is COc1ccccc1Nc1ncc(-c2ccc(F)cc2)c(-c2ccncc2)n1.Cc1cccc(C)c1Nc1ncc(-c2ccc(F)cc2)c(-c2ccncc2)n1. The molecule has 0 unspecified atom stereocenters. The van der Waals surface area contributed by atoms with E-state index < -0.39 is 0 Å². The highest BCUT2D eigenvalue weighted by Crippen LogP contribution is 2.34. The molecule has 8 rings (SSSR count). The van der Waals surface area contributed by atoms with Crippen LogP contribution in [0.4, 0.5) is 32.1 Å². The maximum absolute atomic E-state index is 13.4. The molecule has 0 saturated heterocycles. The maximum Gasteiger partial charge on any atom is 0.227 e. The number of aryl methyl sites for hydroxylation is 2. The zero-order chi connectivity index (χ0) is 38.9. The summed E-state index contributed by atoms with van der Waals surface area (Å²) < 4.78 is 32.1. The number of anilines is 4. The summed E-state index contributed by atoms with van der Waals surface area (Å²) in [5, 5.41) is 6.54. The fourth-order valence-corrected chi connectivity index (χ4v) is 6.02. The number of rotatable bonds is 9. The highest BCUT2D eigenvalue weighted by molar-refractivity contribution is 5.82. The molecule has 0 bridgehead atoms. The molecule has 0 radical (unpaired) electrons. The number of nitrogens with one attached hydrogen (secondary N) is 2. The summed E-state index contributed by atoms with van der Waals surface area (Å²) in [4.78, 5) is 26.6. The van der Waals surface area contributed by atoms with Crippen molar-refractivity contribution in [2.45, 2.75) is 13.8 Å². The molecule has 0 aliphatic carbocycles. The number of ether oxygens (including phenoxy) is 1. The predicted octanol–water partition coefficient (Wildman–Crippen LogP) is 10.8. The third kappa shape index (κ3) is 8.69. The second-order valence-electron chi connectivity index (χ2n) is 12.6. The van der Waals surface area contributed by atoms with Gasteiger partial charge in [-0.1, -0.05) is 54.6 Å². The van der Waals surface area contributed by atoms with Crippen LogP contribution in [-0.4, -0.2) is 37.0 Å². The second-order valence-corrected chi connectivity index (χ2v) is 12.6. The Morgan fingerprint density at radius 2 is 0.964 bits per heavy atom. The van der Waals surface area contributed by atoms with Gasteiger partial charge in [-0.15, -0.1) is 0 Å². The van der Waals surface area contributed by atoms with Crippen LogP contribution in [0, 0.1) is 25.5 Å². The minimum Gasteiger partial charge on any atom is -0.495 e. The van der Waals surface area contributed by atoms with Gasteiger partial charge in [-0.25, -0.2) is 28.7 Å². The van der Waals surface area contributed by atoms with Crippen molar-refractivity contribution >= 4 is 23.3 Å². The first-order valence-electron chi connectivity index (χ1n) is 17.7. The number of benzene rings is 4. The number of halogens is 2. The van der Waals surface area contributed by atoms with E-state index in [1.54, 1.807) is 68.6 Å². The summed E-state index contributed by atoms with van der Waals surface area (Å²) >= 11 is 0. The van der Waals surface area contributed by atoms with Gasteiger partial charge in [-0.3, -0.25) is 9.97 Å². The molecule has 2 N–H and O–H groups in total. The van der Waals surface area contributed by atoms with Crippen molar-refractivity contribution in [2.24, 2.45) is 0 Å². The maximum atomic E-state index is 13.4. The molecule has 0 aliphatic heterocycles. The standard InChI is InChI=1S/C23H19FN4.C22H17FN4O/c1-15-4-3-5-16(2)21(15)27-23-26-14-20(17-6-8-19(24)9-7-17)22(28-23)18-10-12-25-13-11-18;1-28-20-5-3-2-4-19(20)26-22-25-14-18(15-6-8-17(23)9-7-15)21(27-22)16-10-12-24-13-11-16/h3-14H,1-2H3,(H,26,27,28);2-14H,1H3,(H,25,26,27). The van der Waals surface area contributed by atoms with Crippen LogP contribution < -0.4 is 15.4 Å². The molecule has 11 heteroatoms. The summed E-state index contributed by atoms with van der Waals surface area (Å²) in [6.45, 7) is 4.10. The Hall–Kier alpha value is -7.40. The Morgan fingerprint density at radius 1 is 0.500 bits per heavy atom. The number of para-hydroxylation sites is 3. The molecule has 0 amide bonds. The van der Waals surface area contributed by atoms with Crippen LogP contribution in [0.5, 0.6) is 5.75 Å². The van der Waals surface area contributed by atoms with Crippen molar-refractivity contribution in [1.82, 2.24) is 29.9 Å². The van der Waals surface area contributed by atoms with Crippen LogP contribution in [-0.2, 0) is 0 Å². The van der Waals surface area contributed by atoms with Gasteiger partial charge >= 0.3 is 0 Å². The van der Waals surface area contributed by atoms with Crippen molar-refractivity contribution in [3.63, 3.8) is 0 Å². The lowest BCUT2D eigenvalue weighted by molar-refractivity contribution is 0.417. The minimum atomic E-state index is -0.287. The van der Waals surface area contributed by atoms with Crippen LogP contribution >= 0.6 is 0 Å². The first-order chi connectivity index (χ1) is 27.4. The van der Waals surface area contributed by atoms with Gasteiger partial charge in [-0.05, 0) is 96.8 Å². The zero-order valence-corrected chi connectivity index (χ0v) is 30.8. The second kappa shape index (κ2) is 17.2. The Bertz CT molecular complexity index is 2540. The van der Waals surface area contributed by atoms with E-state index in [1.807, 2.05) is 80.6 Å². The monoisotopic (exact) mass is 742 g/mol. The van der Waals surface area contributed by atoms with Crippen molar-refractivity contribution in [2.75, 3.05) is 17.7 Å². The number of hydrogen-bond donors (Lipinski definition) is 2. The summed E-state index contributed by atoms with van der Waals surface area (Å²) in [5.41, 5.74) is 10.6. The smallest absolute Gasteiger partial charge is 0.227 e. The largest absolute Gasteiger partial charge is 0.495 e. The molecule has 8 aromatic rings. The van der Waals surface area contributed by atoms with E-state index in [9.17, 15) is 8.78 Å². The predicted molar refractivity (Wildman–Crippen MR) is 217 cm³/mol. The third-order valence-corrected chi connectivity index (χ3v) is 8.87. The minimum absolute atomic E-state index is 0.275. The molecular weight excluding hydrogens is 707 g/mol. The highest BCUT2D eigenvalue weighted by atomic mass is 19.1. The lowest BCUT2D eigenvalue weighted by Crippen LogP contribution is -2.02. The topological polar surface area (TPSA) is 111 Å². The molecule has 0 atom stereocenters. The molecule has 276 valence electrons. The van der Waals surface area contributed by atoms with Gasteiger partial charge in [0.05, 0.1) is 24.2 Å². The quantitative estimate of drug-likeness (QED) is 0.149. The Labute approximate surface area is 323 Å². The van der Waals surface area contributed by atoms with E-state index in [4.69, 9.17) is 14.7 Å². The van der Waals surface area contributed by atoms with Gasteiger partial charge in [0.25, 0.3) is 0 Å². The Balaban J connectivity index is 0.000000172. The van der Waals surface area contributed by atoms with E-state index in [-0.39, 0.29) is 11.6 Å².